The first-order chi connectivity index (χ1) is 11.0. The van der Waals surface area contributed by atoms with E-state index in [0.29, 0.717) is 17.4 Å². The monoisotopic (exact) mass is 336 g/mol. The lowest BCUT2D eigenvalue weighted by Gasteiger charge is -2.11. The summed E-state index contributed by atoms with van der Waals surface area (Å²) < 4.78 is 26.0. The Balaban J connectivity index is 1.83. The van der Waals surface area contributed by atoms with Crippen LogP contribution in [0.5, 0.6) is 0 Å². The molecular formula is C14H20N6O2S. The van der Waals surface area contributed by atoms with Crippen LogP contribution < -0.4 is 10.6 Å². The van der Waals surface area contributed by atoms with Gasteiger partial charge in [0, 0.05) is 20.6 Å². The minimum absolute atomic E-state index is 0.0122. The normalized spacial score (nSPS) is 12.2. The summed E-state index contributed by atoms with van der Waals surface area (Å²) in [5.74, 6) is 1.25. The number of rotatable bonds is 6. The molecule has 23 heavy (non-hydrogen) atoms. The van der Waals surface area contributed by atoms with Crippen molar-refractivity contribution in [3.05, 3.63) is 42.5 Å². The summed E-state index contributed by atoms with van der Waals surface area (Å²) in [6.07, 6.45) is 1.47. The summed E-state index contributed by atoms with van der Waals surface area (Å²) in [4.78, 5) is 8.47. The summed E-state index contributed by atoms with van der Waals surface area (Å²) >= 11 is 0. The van der Waals surface area contributed by atoms with E-state index in [1.54, 1.807) is 49.1 Å². The van der Waals surface area contributed by atoms with Crippen LogP contribution >= 0.6 is 0 Å². The number of aryl methyl sites for hydroxylation is 1. The van der Waals surface area contributed by atoms with Gasteiger partial charge in [0.15, 0.2) is 15.8 Å². The fourth-order valence-electron chi connectivity index (χ4n) is 1.91. The average Bonchev–Trinajstić information content (AvgIpc) is 2.96. The van der Waals surface area contributed by atoms with Gasteiger partial charge in [-0.25, -0.2) is 13.4 Å². The molecular weight excluding hydrogens is 316 g/mol. The second-order valence-corrected chi connectivity index (χ2v) is 6.89. The third kappa shape index (κ3) is 4.78. The van der Waals surface area contributed by atoms with E-state index in [-0.39, 0.29) is 12.3 Å². The van der Waals surface area contributed by atoms with E-state index in [2.05, 4.69) is 25.7 Å². The van der Waals surface area contributed by atoms with Crippen molar-refractivity contribution in [3.63, 3.8) is 0 Å². The van der Waals surface area contributed by atoms with E-state index in [0.717, 1.165) is 5.82 Å². The molecule has 0 aliphatic rings. The SMILES string of the molecule is CN=C(NCCS(=O)(=O)c1ccccc1)NCc1ncnn1C. The minimum Gasteiger partial charge on any atom is -0.355 e. The lowest BCUT2D eigenvalue weighted by atomic mass is 10.4. The molecule has 0 radical (unpaired) electrons. The van der Waals surface area contributed by atoms with Crippen molar-refractivity contribution < 1.29 is 8.42 Å². The van der Waals surface area contributed by atoms with Crippen LogP contribution in [-0.2, 0) is 23.4 Å². The highest BCUT2D eigenvalue weighted by molar-refractivity contribution is 7.91. The second-order valence-electron chi connectivity index (χ2n) is 4.78. The van der Waals surface area contributed by atoms with Gasteiger partial charge in [0.25, 0.3) is 0 Å². The summed E-state index contributed by atoms with van der Waals surface area (Å²) in [6.45, 7) is 0.706. The molecule has 0 unspecified atom stereocenters. The molecule has 0 saturated carbocycles. The molecule has 8 nitrogen and oxygen atoms in total. The number of nitrogens with one attached hydrogen (secondary N) is 2. The molecule has 0 spiro atoms. The third-order valence-corrected chi connectivity index (χ3v) is 4.94. The van der Waals surface area contributed by atoms with Crippen molar-refractivity contribution in [2.75, 3.05) is 19.3 Å². The molecule has 1 aromatic heterocycles. The van der Waals surface area contributed by atoms with Crippen molar-refractivity contribution in [3.8, 4) is 0 Å². The standard InChI is InChI=1S/C14H20N6O2S/c1-15-14(17-10-13-18-11-19-20(13)2)16-8-9-23(21,22)12-6-4-3-5-7-12/h3-7,11H,8-10H2,1-2H3,(H2,15,16,17). The van der Waals surface area contributed by atoms with Gasteiger partial charge < -0.3 is 10.6 Å². The van der Waals surface area contributed by atoms with Crippen molar-refractivity contribution in [2.24, 2.45) is 12.0 Å². The van der Waals surface area contributed by atoms with Crippen molar-refractivity contribution in [2.45, 2.75) is 11.4 Å². The summed E-state index contributed by atoms with van der Waals surface area (Å²) in [5, 5.41) is 10.0. The van der Waals surface area contributed by atoms with Crippen LogP contribution in [0.15, 0.2) is 46.5 Å². The fraction of sp³-hybridized carbons (Fsp3) is 0.357. The van der Waals surface area contributed by atoms with Crippen LogP contribution in [0, 0.1) is 0 Å². The van der Waals surface area contributed by atoms with E-state index in [4.69, 9.17) is 0 Å². The Morgan fingerprint density at radius 2 is 2.00 bits per heavy atom. The molecule has 9 heteroatoms. The number of guanidine groups is 1. The van der Waals surface area contributed by atoms with E-state index in [1.165, 1.54) is 6.33 Å². The highest BCUT2D eigenvalue weighted by Gasteiger charge is 2.13. The van der Waals surface area contributed by atoms with E-state index < -0.39 is 9.84 Å². The highest BCUT2D eigenvalue weighted by atomic mass is 32.2. The maximum atomic E-state index is 12.2. The predicted octanol–water partition coefficient (Wildman–Crippen LogP) is -0.0460. The Morgan fingerprint density at radius 3 is 2.61 bits per heavy atom. The molecule has 2 N–H and O–H groups in total. The largest absolute Gasteiger partial charge is 0.355 e. The van der Waals surface area contributed by atoms with Gasteiger partial charge in [0.2, 0.25) is 0 Å². The maximum absolute atomic E-state index is 12.2. The molecule has 2 rings (SSSR count). The van der Waals surface area contributed by atoms with Gasteiger partial charge in [0.1, 0.15) is 12.2 Å². The molecule has 1 aromatic carbocycles. The van der Waals surface area contributed by atoms with Crippen LogP contribution in [0.4, 0.5) is 0 Å². The fourth-order valence-corrected chi connectivity index (χ4v) is 3.09. The number of aromatic nitrogens is 3. The van der Waals surface area contributed by atoms with Crippen molar-refractivity contribution >= 4 is 15.8 Å². The molecule has 2 aromatic rings. The Labute approximate surface area is 135 Å². The Morgan fingerprint density at radius 1 is 1.26 bits per heavy atom. The highest BCUT2D eigenvalue weighted by Crippen LogP contribution is 2.09. The predicted molar refractivity (Wildman–Crippen MR) is 87.7 cm³/mol. The number of hydrogen-bond donors (Lipinski definition) is 2. The Bertz CT molecular complexity index is 755. The maximum Gasteiger partial charge on any atom is 0.191 e. The quantitative estimate of drug-likeness (QED) is 0.567. The van der Waals surface area contributed by atoms with Crippen LogP contribution in [0.1, 0.15) is 5.82 Å². The lowest BCUT2D eigenvalue weighted by Crippen LogP contribution is -2.39. The van der Waals surface area contributed by atoms with Crippen LogP contribution in [0.3, 0.4) is 0 Å². The molecule has 0 fully saturated rings. The smallest absolute Gasteiger partial charge is 0.191 e. The van der Waals surface area contributed by atoms with E-state index >= 15 is 0 Å². The number of aliphatic imine (C=N–C) groups is 1. The summed E-state index contributed by atoms with van der Waals surface area (Å²) in [7, 11) is 0.120. The first-order valence-electron chi connectivity index (χ1n) is 7.08. The molecule has 0 saturated heterocycles. The van der Waals surface area contributed by atoms with Crippen LogP contribution in [0.2, 0.25) is 0 Å². The third-order valence-electron chi connectivity index (χ3n) is 3.21. The van der Waals surface area contributed by atoms with Gasteiger partial charge in [-0.15, -0.1) is 0 Å². The number of hydrogen-bond acceptors (Lipinski definition) is 5. The molecule has 0 bridgehead atoms. The van der Waals surface area contributed by atoms with Crippen LogP contribution in [0.25, 0.3) is 0 Å². The summed E-state index contributed by atoms with van der Waals surface area (Å²) in [5.41, 5.74) is 0. The zero-order chi connectivity index (χ0) is 16.7. The van der Waals surface area contributed by atoms with E-state index in [9.17, 15) is 8.42 Å². The zero-order valence-corrected chi connectivity index (χ0v) is 13.9. The number of nitrogens with zero attached hydrogens (tertiary/aromatic N) is 4. The summed E-state index contributed by atoms with van der Waals surface area (Å²) in [6, 6.07) is 8.39. The molecule has 0 aliphatic carbocycles. The molecule has 0 amide bonds. The van der Waals surface area contributed by atoms with Crippen molar-refractivity contribution in [1.29, 1.82) is 0 Å². The van der Waals surface area contributed by atoms with Gasteiger partial charge in [-0.2, -0.15) is 5.10 Å². The lowest BCUT2D eigenvalue weighted by molar-refractivity contribution is 0.594. The van der Waals surface area contributed by atoms with Gasteiger partial charge in [-0.3, -0.25) is 9.67 Å². The number of sulfone groups is 1. The van der Waals surface area contributed by atoms with Gasteiger partial charge in [-0.05, 0) is 12.1 Å². The molecule has 0 aliphatic heterocycles. The topological polar surface area (TPSA) is 101 Å². The Hall–Kier alpha value is -2.42. The average molecular weight is 336 g/mol. The van der Waals surface area contributed by atoms with Gasteiger partial charge in [0.05, 0.1) is 17.2 Å². The zero-order valence-electron chi connectivity index (χ0n) is 13.1. The van der Waals surface area contributed by atoms with Crippen LogP contribution in [-0.4, -0.2) is 48.5 Å². The van der Waals surface area contributed by atoms with E-state index in [1.807, 2.05) is 0 Å². The minimum atomic E-state index is -3.30. The first-order valence-corrected chi connectivity index (χ1v) is 8.73. The molecule has 0 atom stereocenters. The Kier molecular flexibility index (Phi) is 5.69. The van der Waals surface area contributed by atoms with Crippen molar-refractivity contribution in [1.82, 2.24) is 25.4 Å². The van der Waals surface area contributed by atoms with Gasteiger partial charge >= 0.3 is 0 Å². The molecule has 1 heterocycles. The number of benzene rings is 1. The second kappa shape index (κ2) is 7.73. The van der Waals surface area contributed by atoms with Gasteiger partial charge in [-0.1, -0.05) is 18.2 Å². The first kappa shape index (κ1) is 16.9. The molecule has 124 valence electrons.